The maximum Gasteiger partial charge on any atom is 0.310 e. The number of piperidine rings is 1. The molecular weight excluding hydrogens is 642 g/mol. The van der Waals surface area contributed by atoms with Crippen molar-refractivity contribution in [2.45, 2.75) is 96.9 Å². The summed E-state index contributed by atoms with van der Waals surface area (Å²) in [5, 5.41) is 12.2. The molecule has 1 saturated carbocycles. The summed E-state index contributed by atoms with van der Waals surface area (Å²) in [7, 11) is 0. The highest BCUT2D eigenvalue weighted by atomic mass is 16.4. The van der Waals surface area contributed by atoms with Gasteiger partial charge in [0.2, 0.25) is 5.91 Å². The van der Waals surface area contributed by atoms with E-state index in [1.54, 1.807) is 0 Å². The summed E-state index contributed by atoms with van der Waals surface area (Å²) in [6.45, 7) is 10.6. The van der Waals surface area contributed by atoms with E-state index in [2.05, 4.69) is 27.1 Å². The first kappa shape index (κ1) is 36.4. The van der Waals surface area contributed by atoms with Gasteiger partial charge in [0, 0.05) is 56.0 Å². The maximum absolute atomic E-state index is 13.5. The molecule has 3 aromatic rings. The van der Waals surface area contributed by atoms with Gasteiger partial charge in [0.25, 0.3) is 5.91 Å². The second-order valence-corrected chi connectivity index (χ2v) is 15.9. The third-order valence-electron chi connectivity index (χ3n) is 11.2. The maximum atomic E-state index is 13.5. The number of carboxylic acids is 1. The minimum Gasteiger partial charge on any atom is -0.481 e. The number of nitrogens with zero attached hydrogens (tertiary/aromatic N) is 6. The summed E-state index contributed by atoms with van der Waals surface area (Å²) in [5.74, 6) is 1.62. The van der Waals surface area contributed by atoms with E-state index in [1.165, 1.54) is 68.7 Å². The molecule has 0 radical (unpaired) electrons. The van der Waals surface area contributed by atoms with Crippen LogP contribution in [-0.4, -0.2) is 79.9 Å². The number of amides is 2. The Bertz CT molecular complexity index is 1630. The number of likely N-dealkylation sites (tertiary alicyclic amines) is 1. The Morgan fingerprint density at radius 1 is 0.863 bits per heavy atom. The number of carbonyl (C=O) groups excluding carboxylic acids is 2. The molecule has 2 aromatic heterocycles. The Kier molecular flexibility index (Phi) is 11.3. The molecular formula is C40H53N7O4. The molecule has 1 atom stereocenters. The smallest absolute Gasteiger partial charge is 0.310 e. The van der Waals surface area contributed by atoms with Crippen LogP contribution in [0.15, 0.2) is 49.1 Å². The van der Waals surface area contributed by atoms with Crippen LogP contribution in [0.3, 0.4) is 0 Å². The lowest BCUT2D eigenvalue weighted by Gasteiger charge is -2.39. The van der Waals surface area contributed by atoms with Gasteiger partial charge in [-0.05, 0) is 49.0 Å². The molecule has 1 aromatic carbocycles. The number of hydrogen-bond donors (Lipinski definition) is 2. The molecule has 0 spiro atoms. The van der Waals surface area contributed by atoms with Crippen LogP contribution in [0.1, 0.15) is 101 Å². The monoisotopic (exact) mass is 695 g/mol. The summed E-state index contributed by atoms with van der Waals surface area (Å²) < 4.78 is 0. The summed E-state index contributed by atoms with van der Waals surface area (Å²) in [5.41, 5.74) is 2.74. The summed E-state index contributed by atoms with van der Waals surface area (Å²) in [6.07, 6.45) is 17.9. The van der Waals surface area contributed by atoms with Crippen LogP contribution < -0.4 is 10.2 Å². The van der Waals surface area contributed by atoms with E-state index < -0.39 is 23.8 Å². The number of aromatic nitrogens is 4. The average molecular weight is 696 g/mol. The molecule has 0 bridgehead atoms. The van der Waals surface area contributed by atoms with Crippen LogP contribution >= 0.6 is 0 Å². The minimum absolute atomic E-state index is 0.119. The second kappa shape index (κ2) is 15.9. The van der Waals surface area contributed by atoms with Crippen LogP contribution in [0.25, 0.3) is 11.4 Å². The minimum atomic E-state index is -0.929. The third kappa shape index (κ3) is 8.91. The van der Waals surface area contributed by atoms with Crippen molar-refractivity contribution in [1.82, 2.24) is 30.2 Å². The van der Waals surface area contributed by atoms with Crippen LogP contribution in [0, 0.1) is 23.7 Å². The Balaban J connectivity index is 1.06. The fourth-order valence-corrected chi connectivity index (χ4v) is 7.95. The zero-order valence-electron chi connectivity index (χ0n) is 30.6. The summed E-state index contributed by atoms with van der Waals surface area (Å²) in [6, 6.07) is 6.79. The number of hydrogen-bond acceptors (Lipinski definition) is 8. The molecule has 3 fully saturated rings. The molecule has 0 unspecified atom stereocenters. The summed E-state index contributed by atoms with van der Waals surface area (Å²) in [4.78, 5) is 60.1. The number of carbonyl (C=O) groups is 3. The van der Waals surface area contributed by atoms with Gasteiger partial charge in [0.1, 0.15) is 11.9 Å². The third-order valence-corrected chi connectivity index (χ3v) is 11.2. The van der Waals surface area contributed by atoms with E-state index in [9.17, 15) is 19.5 Å². The van der Waals surface area contributed by atoms with Crippen molar-refractivity contribution in [1.29, 1.82) is 0 Å². The van der Waals surface area contributed by atoms with Gasteiger partial charge in [-0.3, -0.25) is 14.4 Å². The Labute approximate surface area is 301 Å². The highest BCUT2D eigenvalue weighted by Gasteiger charge is 2.39. The zero-order chi connectivity index (χ0) is 36.1. The first-order valence-corrected chi connectivity index (χ1v) is 18.8. The van der Waals surface area contributed by atoms with E-state index >= 15 is 0 Å². The standard InChI is InChI=1S/C40H53N7O4/c1-5-6-26-7-11-28(12-8-26)29-15-17-46(18-16-29)33-22-41-35(42-23-33)30-13-9-27(10-14-30)19-34(37(49)47-24-32(25-47)38(50)51)45-36(48)31-20-43-39(44-21-31)40(2,3)4/h9-10,13-14,20-23,26,28-29,32,34H,5-8,11-12,15-19,24-25H2,1-4H3,(H,45,48)(H,50,51)/t26-,28-,34-/m0/s1. The van der Waals surface area contributed by atoms with E-state index in [1.807, 2.05) is 57.4 Å². The molecule has 2 saturated heterocycles. The lowest BCUT2D eigenvalue weighted by molar-refractivity contribution is -0.153. The van der Waals surface area contributed by atoms with Crippen molar-refractivity contribution in [2.24, 2.45) is 23.7 Å². The number of nitrogens with one attached hydrogen (secondary N) is 1. The molecule has 3 aliphatic rings. The van der Waals surface area contributed by atoms with Crippen molar-refractivity contribution in [3.05, 3.63) is 66.0 Å². The fraction of sp³-hybridized carbons (Fsp3) is 0.575. The van der Waals surface area contributed by atoms with E-state index in [0.717, 1.165) is 47.7 Å². The lowest BCUT2D eigenvalue weighted by atomic mass is 9.72. The van der Waals surface area contributed by atoms with Gasteiger partial charge < -0.3 is 20.2 Å². The first-order valence-electron chi connectivity index (χ1n) is 18.8. The Morgan fingerprint density at radius 2 is 1.47 bits per heavy atom. The topological polar surface area (TPSA) is 142 Å². The highest BCUT2D eigenvalue weighted by molar-refractivity contribution is 5.97. The van der Waals surface area contributed by atoms with Gasteiger partial charge in [-0.1, -0.05) is 77.6 Å². The van der Waals surface area contributed by atoms with Crippen LogP contribution in [0.2, 0.25) is 0 Å². The van der Waals surface area contributed by atoms with Crippen molar-refractivity contribution in [3.63, 3.8) is 0 Å². The molecule has 1 aliphatic carbocycles. The number of rotatable bonds is 11. The molecule has 6 rings (SSSR count). The Hall–Kier alpha value is -4.41. The van der Waals surface area contributed by atoms with Gasteiger partial charge >= 0.3 is 5.97 Å². The lowest BCUT2D eigenvalue weighted by Crippen LogP contribution is -2.59. The zero-order valence-corrected chi connectivity index (χ0v) is 30.6. The summed E-state index contributed by atoms with van der Waals surface area (Å²) >= 11 is 0. The van der Waals surface area contributed by atoms with E-state index in [0.29, 0.717) is 11.6 Å². The van der Waals surface area contributed by atoms with Crippen LogP contribution in [0.5, 0.6) is 0 Å². The normalized spacial score (nSPS) is 20.8. The quantitative estimate of drug-likeness (QED) is 0.249. The average Bonchev–Trinajstić information content (AvgIpc) is 3.11. The molecule has 51 heavy (non-hydrogen) atoms. The molecule has 2 aliphatic heterocycles. The van der Waals surface area contributed by atoms with Gasteiger partial charge in [-0.15, -0.1) is 0 Å². The highest BCUT2D eigenvalue weighted by Crippen LogP contribution is 2.39. The van der Waals surface area contributed by atoms with Crippen molar-refractivity contribution in [2.75, 3.05) is 31.1 Å². The molecule has 11 nitrogen and oxygen atoms in total. The fourth-order valence-electron chi connectivity index (χ4n) is 7.95. The van der Waals surface area contributed by atoms with Crippen LogP contribution in [-0.2, 0) is 21.4 Å². The predicted molar refractivity (Wildman–Crippen MR) is 196 cm³/mol. The molecule has 11 heteroatoms. The Morgan fingerprint density at radius 3 is 2.04 bits per heavy atom. The molecule has 2 amide bonds. The van der Waals surface area contributed by atoms with Gasteiger partial charge in [-0.25, -0.2) is 19.9 Å². The number of carboxylic acid groups (broad SMARTS) is 1. The first-order chi connectivity index (χ1) is 24.5. The predicted octanol–water partition coefficient (Wildman–Crippen LogP) is 5.94. The molecule has 4 heterocycles. The van der Waals surface area contributed by atoms with Gasteiger partial charge in [-0.2, -0.15) is 0 Å². The number of benzene rings is 1. The SMILES string of the molecule is CCC[C@H]1CC[C@H](C2CCN(c3cnc(-c4ccc(C[C@H](NC(=O)c5cnc(C(C)(C)C)nc5)C(=O)N5CC(C(=O)O)C5)cc4)nc3)CC2)CC1. The van der Waals surface area contributed by atoms with Gasteiger partial charge in [0.05, 0.1) is 29.6 Å². The second-order valence-electron chi connectivity index (χ2n) is 15.9. The van der Waals surface area contributed by atoms with E-state index in [4.69, 9.17) is 9.97 Å². The molecule has 2 N–H and O–H groups in total. The van der Waals surface area contributed by atoms with Crippen molar-refractivity contribution in [3.8, 4) is 11.4 Å². The van der Waals surface area contributed by atoms with E-state index in [-0.39, 0.29) is 36.4 Å². The van der Waals surface area contributed by atoms with Crippen molar-refractivity contribution >= 4 is 23.5 Å². The number of aliphatic carboxylic acids is 1. The largest absolute Gasteiger partial charge is 0.481 e. The molecule has 272 valence electrons. The van der Waals surface area contributed by atoms with Gasteiger partial charge in [0.15, 0.2) is 5.82 Å². The number of anilines is 1. The van der Waals surface area contributed by atoms with Crippen molar-refractivity contribution < 1.29 is 19.5 Å². The van der Waals surface area contributed by atoms with Crippen LogP contribution in [0.4, 0.5) is 5.69 Å².